The van der Waals surface area contributed by atoms with Gasteiger partial charge in [0.15, 0.2) is 0 Å². The number of carbonyl (C=O) groups excluding carboxylic acids is 1. The van der Waals surface area contributed by atoms with E-state index in [9.17, 15) is 13.2 Å². The third-order valence-electron chi connectivity index (χ3n) is 6.89. The quantitative estimate of drug-likeness (QED) is 0.705. The van der Waals surface area contributed by atoms with Crippen LogP contribution in [-0.2, 0) is 16.4 Å². The van der Waals surface area contributed by atoms with E-state index in [0.717, 1.165) is 35.2 Å². The van der Waals surface area contributed by atoms with Gasteiger partial charge in [-0.3, -0.25) is 4.90 Å². The minimum atomic E-state index is -3.86. The number of hydrogen-bond acceptors (Lipinski definition) is 5. The summed E-state index contributed by atoms with van der Waals surface area (Å²) in [6.45, 7) is 4.72. The third kappa shape index (κ3) is 3.94. The van der Waals surface area contributed by atoms with E-state index in [4.69, 9.17) is 5.73 Å². The lowest BCUT2D eigenvalue weighted by molar-refractivity contribution is 0.242. The molecule has 3 N–H and O–H groups in total. The molecule has 1 aliphatic carbocycles. The van der Waals surface area contributed by atoms with Gasteiger partial charge in [-0.05, 0) is 73.9 Å². The molecule has 1 fully saturated rings. The monoisotopic (exact) mass is 467 g/mol. The van der Waals surface area contributed by atoms with Crippen molar-refractivity contribution in [1.29, 1.82) is 0 Å². The van der Waals surface area contributed by atoms with E-state index in [1.54, 1.807) is 23.1 Å². The Morgan fingerprint density at radius 2 is 1.97 bits per heavy atom. The van der Waals surface area contributed by atoms with Crippen LogP contribution in [-0.4, -0.2) is 43.8 Å². The summed E-state index contributed by atoms with van der Waals surface area (Å²) in [5.41, 5.74) is 9.68. The van der Waals surface area contributed by atoms with Crippen LogP contribution >= 0.6 is 0 Å². The van der Waals surface area contributed by atoms with Crippen molar-refractivity contribution in [2.75, 3.05) is 18.0 Å². The first-order valence-corrected chi connectivity index (χ1v) is 12.8. The first-order chi connectivity index (χ1) is 15.8. The first kappa shape index (κ1) is 21.8. The van der Waals surface area contributed by atoms with Gasteiger partial charge in [0.1, 0.15) is 0 Å². The van der Waals surface area contributed by atoms with Crippen molar-refractivity contribution in [1.82, 2.24) is 9.62 Å². The smallest absolute Gasteiger partial charge is 0.322 e. The van der Waals surface area contributed by atoms with Gasteiger partial charge in [-0.15, -0.1) is 0 Å². The summed E-state index contributed by atoms with van der Waals surface area (Å²) in [4.78, 5) is 19.0. The number of anilines is 1. The average molecular weight is 468 g/mol. The lowest BCUT2D eigenvalue weighted by Gasteiger charge is -2.22. The first-order valence-electron chi connectivity index (χ1n) is 11.4. The van der Waals surface area contributed by atoms with Crippen molar-refractivity contribution in [2.45, 2.75) is 50.1 Å². The number of nitrogens with one attached hydrogen (secondary N) is 1. The summed E-state index contributed by atoms with van der Waals surface area (Å²) in [5.74, 6) is 0.568. The minimum absolute atomic E-state index is 0.00109. The molecule has 0 radical (unpaired) electrons. The largest absolute Gasteiger partial charge is 0.369 e. The molecule has 8 nitrogen and oxygen atoms in total. The predicted molar refractivity (Wildman–Crippen MR) is 128 cm³/mol. The Morgan fingerprint density at radius 3 is 2.70 bits per heavy atom. The number of nitrogens with two attached hydrogens (primary N) is 1. The number of carbonyl (C=O) groups is 1. The van der Waals surface area contributed by atoms with Crippen molar-refractivity contribution in [3.63, 3.8) is 0 Å². The van der Waals surface area contributed by atoms with Crippen LogP contribution in [0.5, 0.6) is 0 Å². The number of nitrogens with zero attached hydrogens (tertiary/aromatic N) is 3. The van der Waals surface area contributed by atoms with Gasteiger partial charge in [-0.1, -0.05) is 24.3 Å². The van der Waals surface area contributed by atoms with Crippen molar-refractivity contribution < 1.29 is 13.2 Å². The molecule has 0 saturated heterocycles. The number of guanidine groups is 1. The number of amides is 2. The molecular weight excluding hydrogens is 438 g/mol. The summed E-state index contributed by atoms with van der Waals surface area (Å²) in [5, 5.41) is 3.07. The maximum absolute atomic E-state index is 13.4. The summed E-state index contributed by atoms with van der Waals surface area (Å²) in [7, 11) is -3.86. The summed E-state index contributed by atoms with van der Waals surface area (Å²) < 4.78 is 28.0. The second-order valence-electron chi connectivity index (χ2n) is 9.16. The van der Waals surface area contributed by atoms with E-state index in [1.807, 2.05) is 38.1 Å². The SMILES string of the molecule is Cc1ccccc1C1CN(S(=O)(=O)c2ccc3c(c2)CCN3C(=O)NC(C)C2CC2)C(N)=N1. The highest BCUT2D eigenvalue weighted by Crippen LogP contribution is 2.35. The van der Waals surface area contributed by atoms with Crippen LogP contribution in [0.15, 0.2) is 52.4 Å². The number of fused-ring (bicyclic) bond motifs is 1. The van der Waals surface area contributed by atoms with Crippen molar-refractivity contribution in [3.05, 3.63) is 59.2 Å². The Labute approximate surface area is 194 Å². The number of urea groups is 1. The fourth-order valence-corrected chi connectivity index (χ4v) is 6.15. The molecule has 33 heavy (non-hydrogen) atoms. The molecule has 0 aromatic heterocycles. The van der Waals surface area contributed by atoms with Crippen molar-refractivity contribution in [3.8, 4) is 0 Å². The number of aryl methyl sites for hydroxylation is 1. The fraction of sp³-hybridized carbons (Fsp3) is 0.417. The van der Waals surface area contributed by atoms with Gasteiger partial charge >= 0.3 is 6.03 Å². The standard InChI is InChI=1S/C24H29N5O3S/c1-15-5-3-4-6-20(15)21-14-29(23(25)27-21)33(31,32)19-9-10-22-18(13-19)11-12-28(22)24(30)26-16(2)17-7-8-17/h3-6,9-10,13,16-17,21H,7-8,11-12,14H2,1-2H3,(H2,25,27)(H,26,30). The zero-order valence-electron chi connectivity index (χ0n) is 18.9. The fourth-order valence-electron chi connectivity index (χ4n) is 4.73. The number of rotatable bonds is 5. The Balaban J connectivity index is 1.35. The molecule has 0 bridgehead atoms. The van der Waals surface area contributed by atoms with Gasteiger partial charge in [-0.2, -0.15) is 0 Å². The van der Waals surface area contributed by atoms with E-state index in [0.29, 0.717) is 18.9 Å². The van der Waals surface area contributed by atoms with Gasteiger partial charge in [0.2, 0.25) is 5.96 Å². The van der Waals surface area contributed by atoms with Crippen LogP contribution in [0.2, 0.25) is 0 Å². The molecule has 0 spiro atoms. The van der Waals surface area contributed by atoms with E-state index in [-0.39, 0.29) is 35.5 Å². The average Bonchev–Trinajstić information content (AvgIpc) is 3.44. The van der Waals surface area contributed by atoms with Gasteiger partial charge in [0.05, 0.1) is 17.5 Å². The van der Waals surface area contributed by atoms with Crippen LogP contribution < -0.4 is 16.0 Å². The Hall–Kier alpha value is -3.07. The van der Waals surface area contributed by atoms with Gasteiger partial charge < -0.3 is 11.1 Å². The molecule has 2 heterocycles. The van der Waals surface area contributed by atoms with Crippen molar-refractivity contribution in [2.24, 2.45) is 16.6 Å². The molecule has 2 amide bonds. The molecule has 1 saturated carbocycles. The van der Waals surface area contributed by atoms with Crippen LogP contribution in [0.25, 0.3) is 0 Å². The van der Waals surface area contributed by atoms with E-state index in [1.165, 1.54) is 4.31 Å². The summed E-state index contributed by atoms with van der Waals surface area (Å²) in [6.07, 6.45) is 2.93. The van der Waals surface area contributed by atoms with E-state index >= 15 is 0 Å². The van der Waals surface area contributed by atoms with Crippen LogP contribution in [0, 0.1) is 12.8 Å². The van der Waals surface area contributed by atoms with Gasteiger partial charge in [-0.25, -0.2) is 22.5 Å². The van der Waals surface area contributed by atoms with Crippen molar-refractivity contribution >= 4 is 27.7 Å². The molecule has 2 aliphatic heterocycles. The zero-order chi connectivity index (χ0) is 23.3. The Kier molecular flexibility index (Phi) is 5.31. The number of benzene rings is 2. The molecular formula is C24H29N5O3S. The highest BCUT2D eigenvalue weighted by molar-refractivity contribution is 7.89. The highest BCUT2D eigenvalue weighted by atomic mass is 32.2. The van der Waals surface area contributed by atoms with Crippen LogP contribution in [0.1, 0.15) is 42.5 Å². The molecule has 5 rings (SSSR count). The Morgan fingerprint density at radius 1 is 1.21 bits per heavy atom. The molecule has 174 valence electrons. The van der Waals surface area contributed by atoms with Gasteiger partial charge in [0, 0.05) is 18.3 Å². The normalized spacial score (nSPS) is 21.0. The van der Waals surface area contributed by atoms with Gasteiger partial charge in [0.25, 0.3) is 10.0 Å². The van der Waals surface area contributed by atoms with E-state index in [2.05, 4.69) is 10.3 Å². The molecule has 2 aromatic rings. The molecule has 3 aliphatic rings. The molecule has 2 unspecified atom stereocenters. The third-order valence-corrected chi connectivity index (χ3v) is 8.66. The topological polar surface area (TPSA) is 108 Å². The zero-order valence-corrected chi connectivity index (χ0v) is 19.7. The molecule has 2 aromatic carbocycles. The Bertz CT molecular complexity index is 1240. The number of sulfonamides is 1. The van der Waals surface area contributed by atoms with Crippen LogP contribution in [0.3, 0.4) is 0 Å². The second kappa shape index (κ2) is 8.06. The highest BCUT2D eigenvalue weighted by Gasteiger charge is 2.36. The summed E-state index contributed by atoms with van der Waals surface area (Å²) >= 11 is 0. The summed E-state index contributed by atoms with van der Waals surface area (Å²) in [6, 6.07) is 12.4. The minimum Gasteiger partial charge on any atom is -0.369 e. The molecule has 2 atom stereocenters. The second-order valence-corrected chi connectivity index (χ2v) is 11.0. The lowest BCUT2D eigenvalue weighted by atomic mass is 10.0. The van der Waals surface area contributed by atoms with Crippen LogP contribution in [0.4, 0.5) is 10.5 Å². The lowest BCUT2D eigenvalue weighted by Crippen LogP contribution is -2.44. The molecule has 9 heteroatoms. The van der Waals surface area contributed by atoms with E-state index < -0.39 is 10.0 Å². The number of hydrogen-bond donors (Lipinski definition) is 2. The maximum Gasteiger partial charge on any atom is 0.322 e. The predicted octanol–water partition coefficient (Wildman–Crippen LogP) is 2.93. The number of aliphatic imine (C=N–C) groups is 1. The maximum atomic E-state index is 13.4.